The van der Waals surface area contributed by atoms with Crippen LogP contribution in [0.3, 0.4) is 0 Å². The fourth-order valence-corrected chi connectivity index (χ4v) is 3.65. The van der Waals surface area contributed by atoms with Gasteiger partial charge in [0.05, 0.1) is 10.6 Å². The van der Waals surface area contributed by atoms with Crippen molar-refractivity contribution in [3.05, 3.63) is 28.8 Å². The zero-order valence-electron chi connectivity index (χ0n) is 10.1. The molecule has 0 heterocycles. The van der Waals surface area contributed by atoms with Crippen LogP contribution >= 0.6 is 36.0 Å². The van der Waals surface area contributed by atoms with E-state index in [4.69, 9.17) is 11.6 Å². The molecule has 1 aliphatic carbocycles. The standard InChI is InChI=1S/C13H16ClNOS2/c1-18-12-4-2-3-11(12)15-13(16)9-7-8(17)5-6-10(9)14/h5-7,11-12,17H,2-4H2,1H3,(H,15,16). The molecule has 0 bridgehead atoms. The van der Waals surface area contributed by atoms with Crippen molar-refractivity contribution < 1.29 is 4.79 Å². The summed E-state index contributed by atoms with van der Waals surface area (Å²) < 4.78 is 0. The summed E-state index contributed by atoms with van der Waals surface area (Å²) in [6.07, 6.45) is 5.50. The summed E-state index contributed by atoms with van der Waals surface area (Å²) >= 11 is 12.1. The molecule has 1 saturated carbocycles. The van der Waals surface area contributed by atoms with E-state index in [1.165, 1.54) is 12.8 Å². The van der Waals surface area contributed by atoms with Crippen molar-refractivity contribution in [3.63, 3.8) is 0 Å². The van der Waals surface area contributed by atoms with E-state index in [0.717, 1.165) is 11.3 Å². The maximum Gasteiger partial charge on any atom is 0.253 e. The molecule has 2 unspecified atom stereocenters. The summed E-state index contributed by atoms with van der Waals surface area (Å²) in [5.41, 5.74) is 0.510. The molecule has 1 aromatic carbocycles. The summed E-state index contributed by atoms with van der Waals surface area (Å²) in [4.78, 5) is 12.9. The summed E-state index contributed by atoms with van der Waals surface area (Å²) in [5, 5.41) is 4.08. The number of amides is 1. The average molecular weight is 302 g/mol. The van der Waals surface area contributed by atoms with Gasteiger partial charge in [-0.25, -0.2) is 0 Å². The Hall–Kier alpha value is -0.320. The molecular weight excluding hydrogens is 286 g/mol. The highest BCUT2D eigenvalue weighted by atomic mass is 35.5. The molecule has 0 saturated heterocycles. The van der Waals surface area contributed by atoms with Crippen molar-refractivity contribution >= 4 is 41.9 Å². The third-order valence-corrected chi connectivity index (χ3v) is 5.04. The van der Waals surface area contributed by atoms with Crippen molar-refractivity contribution in [3.8, 4) is 0 Å². The van der Waals surface area contributed by atoms with Crippen LogP contribution in [0.5, 0.6) is 0 Å². The first kappa shape index (κ1) is 14.1. The zero-order valence-corrected chi connectivity index (χ0v) is 12.6. The Morgan fingerprint density at radius 1 is 1.50 bits per heavy atom. The fraction of sp³-hybridized carbons (Fsp3) is 0.462. The molecule has 0 aromatic heterocycles. The lowest BCUT2D eigenvalue weighted by Crippen LogP contribution is -2.38. The molecule has 2 atom stereocenters. The second-order valence-corrected chi connectivity index (χ2v) is 6.45. The molecule has 2 rings (SSSR count). The van der Waals surface area contributed by atoms with Crippen molar-refractivity contribution in [2.45, 2.75) is 35.4 Å². The van der Waals surface area contributed by atoms with Gasteiger partial charge in [0.25, 0.3) is 5.91 Å². The topological polar surface area (TPSA) is 29.1 Å². The number of halogens is 1. The smallest absolute Gasteiger partial charge is 0.253 e. The van der Waals surface area contributed by atoms with Gasteiger partial charge in [0.1, 0.15) is 0 Å². The number of rotatable bonds is 3. The van der Waals surface area contributed by atoms with E-state index >= 15 is 0 Å². The molecule has 98 valence electrons. The number of benzene rings is 1. The first-order chi connectivity index (χ1) is 8.61. The third kappa shape index (κ3) is 3.16. The van der Waals surface area contributed by atoms with Gasteiger partial charge >= 0.3 is 0 Å². The van der Waals surface area contributed by atoms with Crippen LogP contribution in [0, 0.1) is 0 Å². The highest BCUT2D eigenvalue weighted by Crippen LogP contribution is 2.29. The van der Waals surface area contributed by atoms with Crippen LogP contribution < -0.4 is 5.32 Å². The molecular formula is C13H16ClNOS2. The highest BCUT2D eigenvalue weighted by Gasteiger charge is 2.28. The van der Waals surface area contributed by atoms with E-state index < -0.39 is 0 Å². The van der Waals surface area contributed by atoms with Gasteiger partial charge in [-0.2, -0.15) is 11.8 Å². The number of carbonyl (C=O) groups excluding carboxylic acids is 1. The molecule has 1 aromatic rings. The molecule has 0 radical (unpaired) electrons. The van der Waals surface area contributed by atoms with Gasteiger partial charge < -0.3 is 5.32 Å². The molecule has 1 N–H and O–H groups in total. The van der Waals surface area contributed by atoms with Crippen LogP contribution in [-0.4, -0.2) is 23.5 Å². The van der Waals surface area contributed by atoms with E-state index in [2.05, 4.69) is 24.2 Å². The van der Waals surface area contributed by atoms with Gasteiger partial charge in [-0.1, -0.05) is 18.0 Å². The van der Waals surface area contributed by atoms with Crippen molar-refractivity contribution in [1.29, 1.82) is 0 Å². The Morgan fingerprint density at radius 2 is 2.28 bits per heavy atom. The van der Waals surface area contributed by atoms with Gasteiger partial charge in [-0.15, -0.1) is 12.6 Å². The largest absolute Gasteiger partial charge is 0.348 e. The number of nitrogens with one attached hydrogen (secondary N) is 1. The summed E-state index contributed by atoms with van der Waals surface area (Å²) in [5.74, 6) is -0.0955. The minimum atomic E-state index is -0.0955. The lowest BCUT2D eigenvalue weighted by Gasteiger charge is -2.19. The first-order valence-electron chi connectivity index (χ1n) is 5.94. The second kappa shape index (κ2) is 6.22. The Kier molecular flexibility index (Phi) is 4.87. The van der Waals surface area contributed by atoms with Crippen LogP contribution in [-0.2, 0) is 0 Å². The summed E-state index contributed by atoms with van der Waals surface area (Å²) in [7, 11) is 0. The Bertz CT molecular complexity index is 453. The van der Waals surface area contributed by atoms with Crippen LogP contribution in [0.15, 0.2) is 23.1 Å². The highest BCUT2D eigenvalue weighted by molar-refractivity contribution is 7.99. The number of hydrogen-bond acceptors (Lipinski definition) is 3. The minimum absolute atomic E-state index is 0.0955. The van der Waals surface area contributed by atoms with Crippen molar-refractivity contribution in [1.82, 2.24) is 5.32 Å². The quantitative estimate of drug-likeness (QED) is 0.835. The predicted octanol–water partition coefficient (Wildman–Crippen LogP) is 3.64. The van der Waals surface area contributed by atoms with E-state index in [1.807, 2.05) is 11.8 Å². The summed E-state index contributed by atoms with van der Waals surface area (Å²) in [6, 6.07) is 5.46. The van der Waals surface area contributed by atoms with Crippen molar-refractivity contribution in [2.75, 3.05) is 6.26 Å². The first-order valence-corrected chi connectivity index (χ1v) is 8.05. The van der Waals surface area contributed by atoms with Gasteiger partial charge in [-0.05, 0) is 37.3 Å². The normalized spacial score (nSPS) is 23.1. The fourth-order valence-electron chi connectivity index (χ4n) is 2.31. The average Bonchev–Trinajstić information content (AvgIpc) is 2.79. The van der Waals surface area contributed by atoms with E-state index in [9.17, 15) is 4.79 Å². The lowest BCUT2D eigenvalue weighted by atomic mass is 10.1. The van der Waals surface area contributed by atoms with Gasteiger partial charge in [0.15, 0.2) is 0 Å². The van der Waals surface area contributed by atoms with Gasteiger partial charge in [-0.3, -0.25) is 4.79 Å². The monoisotopic (exact) mass is 301 g/mol. The SMILES string of the molecule is CSC1CCCC1NC(=O)c1cc(S)ccc1Cl. The number of thioether (sulfide) groups is 1. The molecule has 2 nitrogen and oxygen atoms in total. The lowest BCUT2D eigenvalue weighted by molar-refractivity contribution is 0.0938. The van der Waals surface area contributed by atoms with E-state index in [-0.39, 0.29) is 11.9 Å². The third-order valence-electron chi connectivity index (χ3n) is 3.27. The minimum Gasteiger partial charge on any atom is -0.348 e. The van der Waals surface area contributed by atoms with Crippen LogP contribution in [0.25, 0.3) is 0 Å². The van der Waals surface area contributed by atoms with Crippen LogP contribution in [0.1, 0.15) is 29.6 Å². The molecule has 0 aliphatic heterocycles. The maximum atomic E-state index is 12.2. The second-order valence-electron chi connectivity index (χ2n) is 4.45. The van der Waals surface area contributed by atoms with Crippen molar-refractivity contribution in [2.24, 2.45) is 0 Å². The predicted molar refractivity (Wildman–Crippen MR) is 81.1 cm³/mol. The molecule has 18 heavy (non-hydrogen) atoms. The summed E-state index contributed by atoms with van der Waals surface area (Å²) in [6.45, 7) is 0. The number of thiol groups is 1. The molecule has 0 spiro atoms. The Morgan fingerprint density at radius 3 is 3.00 bits per heavy atom. The maximum absolute atomic E-state index is 12.2. The zero-order chi connectivity index (χ0) is 13.1. The van der Waals surface area contributed by atoms with Crippen LogP contribution in [0.2, 0.25) is 5.02 Å². The number of carbonyl (C=O) groups is 1. The number of hydrogen-bond donors (Lipinski definition) is 2. The molecule has 5 heteroatoms. The molecule has 1 fully saturated rings. The van der Waals surface area contributed by atoms with E-state index in [1.54, 1.807) is 18.2 Å². The van der Waals surface area contributed by atoms with Crippen LogP contribution in [0.4, 0.5) is 0 Å². The molecule has 1 aliphatic rings. The van der Waals surface area contributed by atoms with Gasteiger partial charge in [0, 0.05) is 16.2 Å². The van der Waals surface area contributed by atoms with Gasteiger partial charge in [0.2, 0.25) is 0 Å². The Balaban J connectivity index is 2.09. The molecule has 1 amide bonds. The Labute approximate surface area is 122 Å². The van der Waals surface area contributed by atoms with E-state index in [0.29, 0.717) is 15.8 Å².